The second kappa shape index (κ2) is 7.25. The van der Waals surface area contributed by atoms with E-state index in [2.05, 4.69) is 17.6 Å². The normalized spacial score (nSPS) is 27.7. The monoisotopic (exact) mass is 295 g/mol. The van der Waals surface area contributed by atoms with Crippen LogP contribution >= 0.6 is 0 Å². The lowest BCUT2D eigenvalue weighted by atomic mass is 9.91. The van der Waals surface area contributed by atoms with Crippen molar-refractivity contribution in [3.8, 4) is 0 Å². The first-order chi connectivity index (χ1) is 9.97. The molecule has 0 aromatic rings. The fourth-order valence-corrected chi connectivity index (χ4v) is 3.23. The molecule has 2 amide bonds. The number of carbonyl (C=O) groups is 2. The van der Waals surface area contributed by atoms with Gasteiger partial charge < -0.3 is 15.5 Å². The van der Waals surface area contributed by atoms with Crippen molar-refractivity contribution >= 4 is 11.8 Å². The molecule has 5 heteroatoms. The van der Waals surface area contributed by atoms with E-state index < -0.39 is 0 Å². The summed E-state index contributed by atoms with van der Waals surface area (Å²) in [7, 11) is 0. The first kappa shape index (κ1) is 16.3. The van der Waals surface area contributed by atoms with E-state index in [-0.39, 0.29) is 23.8 Å². The number of hydrogen-bond acceptors (Lipinski definition) is 3. The average molecular weight is 295 g/mol. The fraction of sp³-hybridized carbons (Fsp3) is 0.875. The van der Waals surface area contributed by atoms with Crippen LogP contribution in [0.3, 0.4) is 0 Å². The van der Waals surface area contributed by atoms with Crippen molar-refractivity contribution < 1.29 is 9.59 Å². The molecule has 2 rings (SSSR count). The van der Waals surface area contributed by atoms with Crippen LogP contribution in [-0.4, -0.2) is 48.4 Å². The molecule has 0 bridgehead atoms. The molecule has 0 radical (unpaired) electrons. The highest BCUT2D eigenvalue weighted by atomic mass is 16.2. The zero-order chi connectivity index (χ0) is 15.4. The predicted octanol–water partition coefficient (Wildman–Crippen LogP) is 1.14. The highest BCUT2D eigenvalue weighted by molar-refractivity contribution is 5.79. The second-order valence-electron chi connectivity index (χ2n) is 6.84. The second-order valence-corrected chi connectivity index (χ2v) is 6.84. The van der Waals surface area contributed by atoms with E-state index in [9.17, 15) is 9.59 Å². The Morgan fingerprint density at radius 1 is 1.19 bits per heavy atom. The van der Waals surface area contributed by atoms with Crippen molar-refractivity contribution in [1.82, 2.24) is 15.5 Å². The summed E-state index contributed by atoms with van der Waals surface area (Å²) >= 11 is 0. The van der Waals surface area contributed by atoms with Gasteiger partial charge in [-0.05, 0) is 39.2 Å². The maximum Gasteiger partial charge on any atom is 0.225 e. The molecule has 2 saturated heterocycles. The number of amides is 2. The predicted molar refractivity (Wildman–Crippen MR) is 82.8 cm³/mol. The lowest BCUT2D eigenvalue weighted by molar-refractivity contribution is -0.138. The van der Waals surface area contributed by atoms with E-state index >= 15 is 0 Å². The first-order valence-electron chi connectivity index (χ1n) is 8.30. The van der Waals surface area contributed by atoms with Crippen LogP contribution in [0.15, 0.2) is 0 Å². The maximum atomic E-state index is 12.5. The minimum Gasteiger partial charge on any atom is -0.353 e. The molecule has 2 atom stereocenters. The van der Waals surface area contributed by atoms with Gasteiger partial charge in [0.05, 0.1) is 0 Å². The quantitative estimate of drug-likeness (QED) is 0.821. The molecule has 0 aromatic carbocycles. The van der Waals surface area contributed by atoms with E-state index in [0.29, 0.717) is 11.9 Å². The molecule has 0 spiro atoms. The summed E-state index contributed by atoms with van der Waals surface area (Å²) in [5, 5.41) is 6.47. The van der Waals surface area contributed by atoms with Crippen LogP contribution in [0.4, 0.5) is 0 Å². The highest BCUT2D eigenvalue weighted by Gasteiger charge is 2.31. The number of likely N-dealkylation sites (tertiary alicyclic amines) is 1. The summed E-state index contributed by atoms with van der Waals surface area (Å²) in [6.45, 7) is 8.46. The molecule has 2 fully saturated rings. The van der Waals surface area contributed by atoms with Crippen molar-refractivity contribution in [2.24, 2.45) is 11.8 Å². The van der Waals surface area contributed by atoms with E-state index in [1.165, 1.54) is 0 Å². The van der Waals surface area contributed by atoms with Gasteiger partial charge in [-0.1, -0.05) is 13.8 Å². The van der Waals surface area contributed by atoms with Crippen molar-refractivity contribution in [2.45, 2.75) is 58.5 Å². The summed E-state index contributed by atoms with van der Waals surface area (Å²) in [5.74, 6) is 0.646. The summed E-state index contributed by atoms with van der Waals surface area (Å²) in [6, 6.07) is 0.673. The molecular formula is C16H29N3O2. The van der Waals surface area contributed by atoms with Gasteiger partial charge in [-0.25, -0.2) is 0 Å². The zero-order valence-corrected chi connectivity index (χ0v) is 13.5. The molecule has 0 aromatic heterocycles. The third kappa shape index (κ3) is 4.43. The van der Waals surface area contributed by atoms with Gasteiger partial charge >= 0.3 is 0 Å². The van der Waals surface area contributed by atoms with Gasteiger partial charge in [0, 0.05) is 37.0 Å². The van der Waals surface area contributed by atoms with Crippen LogP contribution in [0.1, 0.15) is 46.5 Å². The topological polar surface area (TPSA) is 61.4 Å². The Labute approximate surface area is 127 Å². The Hall–Kier alpha value is -1.10. The van der Waals surface area contributed by atoms with Crippen molar-refractivity contribution in [1.29, 1.82) is 0 Å². The van der Waals surface area contributed by atoms with E-state index in [0.717, 1.165) is 45.3 Å². The van der Waals surface area contributed by atoms with Gasteiger partial charge in [0.1, 0.15) is 0 Å². The van der Waals surface area contributed by atoms with Gasteiger partial charge in [-0.2, -0.15) is 0 Å². The van der Waals surface area contributed by atoms with Gasteiger partial charge in [0.2, 0.25) is 11.8 Å². The van der Waals surface area contributed by atoms with Gasteiger partial charge in [-0.15, -0.1) is 0 Å². The Bertz CT molecular complexity index is 376. The minimum absolute atomic E-state index is 0.0286. The fourth-order valence-electron chi connectivity index (χ4n) is 3.23. The van der Waals surface area contributed by atoms with Gasteiger partial charge in [0.15, 0.2) is 0 Å². The molecule has 2 N–H and O–H groups in total. The standard InChI is InChI=1S/C16H29N3O2/c1-11(2)15(20)18-14-5-8-19(9-6-14)16(21)13-4-7-17-12(3)10-13/h11-14,17H,4-10H2,1-3H3,(H,18,20). The average Bonchev–Trinajstić information content (AvgIpc) is 2.47. The maximum absolute atomic E-state index is 12.5. The Morgan fingerprint density at radius 3 is 2.43 bits per heavy atom. The summed E-state index contributed by atoms with van der Waals surface area (Å²) in [5.41, 5.74) is 0. The van der Waals surface area contributed by atoms with Crippen LogP contribution < -0.4 is 10.6 Å². The van der Waals surface area contributed by atoms with E-state index in [1.807, 2.05) is 18.7 Å². The van der Waals surface area contributed by atoms with Crippen LogP contribution in [0.2, 0.25) is 0 Å². The molecule has 2 aliphatic rings. The Morgan fingerprint density at radius 2 is 1.86 bits per heavy atom. The molecule has 2 heterocycles. The smallest absolute Gasteiger partial charge is 0.225 e. The van der Waals surface area contributed by atoms with Crippen LogP contribution in [0, 0.1) is 11.8 Å². The van der Waals surface area contributed by atoms with Crippen LogP contribution in [-0.2, 0) is 9.59 Å². The minimum atomic E-state index is 0.0286. The lowest BCUT2D eigenvalue weighted by Gasteiger charge is -2.36. The molecule has 21 heavy (non-hydrogen) atoms. The number of piperidine rings is 2. The van der Waals surface area contributed by atoms with Crippen molar-refractivity contribution in [3.05, 3.63) is 0 Å². The van der Waals surface area contributed by atoms with Gasteiger partial charge in [0.25, 0.3) is 0 Å². The van der Waals surface area contributed by atoms with Crippen molar-refractivity contribution in [2.75, 3.05) is 19.6 Å². The number of nitrogens with one attached hydrogen (secondary N) is 2. The molecule has 120 valence electrons. The third-order valence-electron chi connectivity index (χ3n) is 4.65. The lowest BCUT2D eigenvalue weighted by Crippen LogP contribution is -2.50. The summed E-state index contributed by atoms with van der Waals surface area (Å²) in [6.07, 6.45) is 3.66. The third-order valence-corrected chi connectivity index (χ3v) is 4.65. The van der Waals surface area contributed by atoms with Gasteiger partial charge in [-0.3, -0.25) is 9.59 Å². The summed E-state index contributed by atoms with van der Waals surface area (Å²) in [4.78, 5) is 26.3. The Balaban J connectivity index is 1.78. The SMILES string of the molecule is CC1CC(C(=O)N2CCC(NC(=O)C(C)C)CC2)CCN1. The molecule has 2 unspecified atom stereocenters. The molecular weight excluding hydrogens is 266 g/mol. The number of rotatable bonds is 3. The number of hydrogen-bond donors (Lipinski definition) is 2. The number of nitrogens with zero attached hydrogens (tertiary/aromatic N) is 1. The highest BCUT2D eigenvalue weighted by Crippen LogP contribution is 2.21. The summed E-state index contributed by atoms with van der Waals surface area (Å²) < 4.78 is 0. The van der Waals surface area contributed by atoms with Crippen LogP contribution in [0.5, 0.6) is 0 Å². The first-order valence-corrected chi connectivity index (χ1v) is 8.30. The largest absolute Gasteiger partial charge is 0.353 e. The number of carbonyl (C=O) groups excluding carboxylic acids is 2. The molecule has 0 saturated carbocycles. The molecule has 2 aliphatic heterocycles. The van der Waals surface area contributed by atoms with E-state index in [1.54, 1.807) is 0 Å². The van der Waals surface area contributed by atoms with Crippen molar-refractivity contribution in [3.63, 3.8) is 0 Å². The molecule has 0 aliphatic carbocycles. The Kier molecular flexibility index (Phi) is 5.62. The zero-order valence-electron chi connectivity index (χ0n) is 13.5. The van der Waals surface area contributed by atoms with Crippen LogP contribution in [0.25, 0.3) is 0 Å². The van der Waals surface area contributed by atoms with E-state index in [4.69, 9.17) is 0 Å². The molecule has 5 nitrogen and oxygen atoms in total.